The Kier molecular flexibility index (Phi) is 5.68. The van der Waals surface area contributed by atoms with E-state index in [1.165, 1.54) is 11.3 Å². The Morgan fingerprint density at radius 1 is 1.17 bits per heavy atom. The van der Waals surface area contributed by atoms with Crippen molar-refractivity contribution in [2.24, 2.45) is 0 Å². The number of carbonyl (C=O) groups excluding carboxylic acids is 1. The van der Waals surface area contributed by atoms with Crippen LogP contribution in [0.25, 0.3) is 10.2 Å². The first-order chi connectivity index (χ1) is 14.7. The molecule has 2 aromatic heterocycles. The van der Waals surface area contributed by atoms with Gasteiger partial charge in [0.15, 0.2) is 5.13 Å². The van der Waals surface area contributed by atoms with Crippen LogP contribution in [-0.2, 0) is 6.54 Å². The summed E-state index contributed by atoms with van der Waals surface area (Å²) in [7, 11) is 0. The average Bonchev–Trinajstić information content (AvgIpc) is 3.21. The highest BCUT2D eigenvalue weighted by atomic mass is 32.1. The van der Waals surface area contributed by atoms with E-state index in [0.29, 0.717) is 22.9 Å². The van der Waals surface area contributed by atoms with Crippen molar-refractivity contribution in [3.63, 3.8) is 0 Å². The second-order valence-corrected chi connectivity index (χ2v) is 7.47. The van der Waals surface area contributed by atoms with Gasteiger partial charge in [-0.1, -0.05) is 17.4 Å². The molecule has 7 heteroatoms. The molecule has 2 heterocycles. The summed E-state index contributed by atoms with van der Waals surface area (Å²) in [4.78, 5) is 24.0. The van der Waals surface area contributed by atoms with Crippen LogP contribution < -0.4 is 9.64 Å². The molecular formula is C23H18N4O2S. The number of hydrogen-bond donors (Lipinski definition) is 0. The van der Waals surface area contributed by atoms with Gasteiger partial charge in [0.1, 0.15) is 5.75 Å². The van der Waals surface area contributed by atoms with Crippen molar-refractivity contribution in [1.82, 2.24) is 9.97 Å². The van der Waals surface area contributed by atoms with Crippen molar-refractivity contribution in [3.05, 3.63) is 83.7 Å². The zero-order chi connectivity index (χ0) is 20.9. The molecule has 0 unspecified atom stereocenters. The van der Waals surface area contributed by atoms with E-state index in [1.54, 1.807) is 35.4 Å². The highest BCUT2D eigenvalue weighted by molar-refractivity contribution is 7.22. The minimum atomic E-state index is -0.200. The number of fused-ring (bicyclic) bond motifs is 1. The number of nitrogens with zero attached hydrogens (tertiary/aromatic N) is 4. The lowest BCUT2D eigenvalue weighted by Gasteiger charge is -2.19. The van der Waals surface area contributed by atoms with Crippen molar-refractivity contribution in [2.75, 3.05) is 11.5 Å². The van der Waals surface area contributed by atoms with Crippen molar-refractivity contribution >= 4 is 32.6 Å². The van der Waals surface area contributed by atoms with Crippen LogP contribution >= 0.6 is 11.3 Å². The molecule has 0 aliphatic rings. The summed E-state index contributed by atoms with van der Waals surface area (Å²) in [6, 6.07) is 20.0. The second kappa shape index (κ2) is 8.72. The fourth-order valence-electron chi connectivity index (χ4n) is 2.99. The molecule has 4 aromatic rings. The van der Waals surface area contributed by atoms with Gasteiger partial charge in [-0.2, -0.15) is 5.26 Å². The molecule has 1 amide bonds. The molecule has 0 atom stereocenters. The SMILES string of the molecule is CCOc1ccc2nc(N(Cc3ccccn3)C(=O)c3ccc(C#N)cc3)sc2c1. The molecule has 0 aliphatic carbocycles. The van der Waals surface area contributed by atoms with Gasteiger partial charge in [-0.05, 0) is 61.5 Å². The van der Waals surface area contributed by atoms with Gasteiger partial charge in [0.2, 0.25) is 0 Å². The number of thiazole rings is 1. The zero-order valence-corrected chi connectivity index (χ0v) is 17.1. The number of pyridine rings is 1. The minimum Gasteiger partial charge on any atom is -0.494 e. The minimum absolute atomic E-state index is 0.200. The average molecular weight is 414 g/mol. The standard InChI is InChI=1S/C23H18N4O2S/c1-2-29-19-10-11-20-21(13-19)30-23(26-20)27(15-18-5-3-4-12-25-18)22(28)17-8-6-16(14-24)7-9-17/h3-13H,2,15H2,1H3. The van der Waals surface area contributed by atoms with E-state index in [4.69, 9.17) is 10.00 Å². The van der Waals surface area contributed by atoms with Gasteiger partial charge >= 0.3 is 0 Å². The van der Waals surface area contributed by atoms with Crippen LogP contribution in [0, 0.1) is 11.3 Å². The number of benzene rings is 2. The van der Waals surface area contributed by atoms with Crippen LogP contribution in [0.5, 0.6) is 5.75 Å². The van der Waals surface area contributed by atoms with Crippen LogP contribution in [0.3, 0.4) is 0 Å². The lowest BCUT2D eigenvalue weighted by molar-refractivity contribution is 0.0985. The molecule has 0 aliphatic heterocycles. The van der Waals surface area contributed by atoms with E-state index >= 15 is 0 Å². The lowest BCUT2D eigenvalue weighted by atomic mass is 10.1. The number of aromatic nitrogens is 2. The summed E-state index contributed by atoms with van der Waals surface area (Å²) in [5.74, 6) is 0.573. The van der Waals surface area contributed by atoms with Gasteiger partial charge in [0, 0.05) is 11.8 Å². The maximum absolute atomic E-state index is 13.4. The molecule has 2 aromatic carbocycles. The summed E-state index contributed by atoms with van der Waals surface area (Å²) in [5.41, 5.74) is 2.55. The molecular weight excluding hydrogens is 396 g/mol. The summed E-state index contributed by atoms with van der Waals surface area (Å²) >= 11 is 1.43. The van der Waals surface area contributed by atoms with Crippen molar-refractivity contribution < 1.29 is 9.53 Å². The molecule has 0 radical (unpaired) electrons. The van der Waals surface area contributed by atoms with E-state index in [1.807, 2.05) is 43.3 Å². The van der Waals surface area contributed by atoms with Crippen molar-refractivity contribution in [2.45, 2.75) is 13.5 Å². The van der Waals surface area contributed by atoms with E-state index in [0.717, 1.165) is 21.7 Å². The number of carbonyl (C=O) groups is 1. The van der Waals surface area contributed by atoms with Gasteiger partial charge < -0.3 is 4.74 Å². The third-order valence-electron chi connectivity index (χ3n) is 4.44. The molecule has 0 spiro atoms. The quantitative estimate of drug-likeness (QED) is 0.452. The molecule has 0 saturated heterocycles. The summed E-state index contributed by atoms with van der Waals surface area (Å²) in [6.45, 7) is 2.81. The molecule has 148 valence electrons. The number of rotatable bonds is 6. The summed E-state index contributed by atoms with van der Waals surface area (Å²) in [6.07, 6.45) is 1.70. The number of ether oxygens (including phenoxy) is 1. The monoisotopic (exact) mass is 414 g/mol. The Morgan fingerprint density at radius 3 is 2.70 bits per heavy atom. The van der Waals surface area contributed by atoms with E-state index in [-0.39, 0.29) is 12.5 Å². The van der Waals surface area contributed by atoms with E-state index < -0.39 is 0 Å². The predicted octanol–water partition coefficient (Wildman–Crippen LogP) is 4.81. The third kappa shape index (κ3) is 4.14. The van der Waals surface area contributed by atoms with E-state index in [2.05, 4.69) is 16.0 Å². The summed E-state index contributed by atoms with van der Waals surface area (Å²) < 4.78 is 6.52. The highest BCUT2D eigenvalue weighted by Gasteiger charge is 2.22. The first-order valence-electron chi connectivity index (χ1n) is 9.43. The first kappa shape index (κ1) is 19.6. The number of amides is 1. The highest BCUT2D eigenvalue weighted by Crippen LogP contribution is 2.33. The molecule has 0 fully saturated rings. The van der Waals surface area contributed by atoms with Crippen molar-refractivity contribution in [1.29, 1.82) is 5.26 Å². The Labute approximate surface area is 178 Å². The maximum Gasteiger partial charge on any atom is 0.260 e. The van der Waals surface area contributed by atoms with Gasteiger partial charge in [0.25, 0.3) is 5.91 Å². The van der Waals surface area contributed by atoms with Crippen LogP contribution in [0.15, 0.2) is 66.9 Å². The normalized spacial score (nSPS) is 10.5. The summed E-state index contributed by atoms with van der Waals surface area (Å²) in [5, 5.41) is 9.60. The zero-order valence-electron chi connectivity index (χ0n) is 16.3. The Hall–Kier alpha value is -3.76. The Morgan fingerprint density at radius 2 is 2.00 bits per heavy atom. The Bertz CT molecular complexity index is 1210. The van der Waals surface area contributed by atoms with E-state index in [9.17, 15) is 4.79 Å². The fourth-order valence-corrected chi connectivity index (χ4v) is 3.98. The number of anilines is 1. The smallest absolute Gasteiger partial charge is 0.260 e. The van der Waals surface area contributed by atoms with Gasteiger partial charge in [-0.3, -0.25) is 14.7 Å². The maximum atomic E-state index is 13.4. The molecule has 4 rings (SSSR count). The largest absolute Gasteiger partial charge is 0.494 e. The lowest BCUT2D eigenvalue weighted by Crippen LogP contribution is -2.30. The number of hydrogen-bond acceptors (Lipinski definition) is 6. The van der Waals surface area contributed by atoms with Gasteiger partial charge in [-0.25, -0.2) is 4.98 Å². The van der Waals surface area contributed by atoms with Crippen LogP contribution in [0.1, 0.15) is 28.5 Å². The van der Waals surface area contributed by atoms with Crippen LogP contribution in [0.4, 0.5) is 5.13 Å². The van der Waals surface area contributed by atoms with Gasteiger partial charge in [-0.15, -0.1) is 0 Å². The fraction of sp³-hybridized carbons (Fsp3) is 0.130. The van der Waals surface area contributed by atoms with Crippen LogP contribution in [-0.4, -0.2) is 22.5 Å². The molecule has 0 N–H and O–H groups in total. The Balaban J connectivity index is 1.73. The second-order valence-electron chi connectivity index (χ2n) is 6.46. The van der Waals surface area contributed by atoms with Crippen LogP contribution in [0.2, 0.25) is 0 Å². The molecule has 0 saturated carbocycles. The topological polar surface area (TPSA) is 79.1 Å². The first-order valence-corrected chi connectivity index (χ1v) is 10.2. The molecule has 6 nitrogen and oxygen atoms in total. The van der Waals surface area contributed by atoms with Gasteiger partial charge in [0.05, 0.1) is 40.7 Å². The molecule has 30 heavy (non-hydrogen) atoms. The third-order valence-corrected chi connectivity index (χ3v) is 5.48. The van der Waals surface area contributed by atoms with Crippen molar-refractivity contribution in [3.8, 4) is 11.8 Å². The predicted molar refractivity (Wildman–Crippen MR) is 117 cm³/mol. The molecule has 0 bridgehead atoms. The number of nitriles is 1.